The lowest BCUT2D eigenvalue weighted by Crippen LogP contribution is -2.27. The fourth-order valence-electron chi connectivity index (χ4n) is 1.85. The van der Waals surface area contributed by atoms with Gasteiger partial charge in [-0.15, -0.1) is 0 Å². The molecule has 2 heterocycles. The molecule has 1 aliphatic heterocycles. The molecular formula is C11H13N3O3. The molecule has 2 rings (SSSR count). The van der Waals surface area contributed by atoms with Gasteiger partial charge < -0.3 is 10.8 Å². The molecule has 1 atom stereocenters. The van der Waals surface area contributed by atoms with Crippen LogP contribution in [0, 0.1) is 12.8 Å². The summed E-state index contributed by atoms with van der Waals surface area (Å²) in [6.07, 6.45) is 0.00436. The normalized spacial score (nSPS) is 19.7. The van der Waals surface area contributed by atoms with E-state index in [2.05, 4.69) is 4.98 Å². The van der Waals surface area contributed by atoms with Gasteiger partial charge in [-0.25, -0.2) is 4.98 Å². The van der Waals surface area contributed by atoms with Crippen molar-refractivity contribution >= 4 is 23.4 Å². The van der Waals surface area contributed by atoms with Crippen molar-refractivity contribution in [3.05, 3.63) is 17.8 Å². The number of aromatic nitrogens is 1. The van der Waals surface area contributed by atoms with Crippen LogP contribution < -0.4 is 10.6 Å². The zero-order valence-electron chi connectivity index (χ0n) is 9.38. The predicted octanol–water partition coefficient (Wildman–Crippen LogP) is 0.410. The van der Waals surface area contributed by atoms with E-state index >= 15 is 0 Å². The highest BCUT2D eigenvalue weighted by Crippen LogP contribution is 2.28. The molecule has 0 bridgehead atoms. The van der Waals surface area contributed by atoms with E-state index in [-0.39, 0.29) is 18.9 Å². The van der Waals surface area contributed by atoms with Crippen LogP contribution in [0.25, 0.3) is 0 Å². The highest BCUT2D eigenvalue weighted by Gasteiger charge is 2.36. The molecule has 0 aromatic carbocycles. The Morgan fingerprint density at radius 3 is 2.88 bits per heavy atom. The van der Waals surface area contributed by atoms with Gasteiger partial charge in [0.25, 0.3) is 0 Å². The Labute approximate surface area is 98.1 Å². The Balaban J connectivity index is 2.32. The molecule has 1 fully saturated rings. The van der Waals surface area contributed by atoms with E-state index < -0.39 is 11.9 Å². The van der Waals surface area contributed by atoms with E-state index in [4.69, 9.17) is 10.8 Å². The number of aliphatic carboxylic acids is 1. The van der Waals surface area contributed by atoms with Gasteiger partial charge in [-0.05, 0) is 19.1 Å². The highest BCUT2D eigenvalue weighted by atomic mass is 16.4. The van der Waals surface area contributed by atoms with Crippen molar-refractivity contribution in [1.82, 2.24) is 4.98 Å². The number of aryl methyl sites for hydroxylation is 1. The summed E-state index contributed by atoms with van der Waals surface area (Å²) in [6.45, 7) is 1.92. The largest absolute Gasteiger partial charge is 0.481 e. The second-order valence-corrected chi connectivity index (χ2v) is 4.11. The molecular weight excluding hydrogens is 222 g/mol. The Morgan fingerprint density at radius 2 is 2.29 bits per heavy atom. The number of hydrogen-bond acceptors (Lipinski definition) is 4. The van der Waals surface area contributed by atoms with Crippen LogP contribution in [0.1, 0.15) is 12.1 Å². The maximum Gasteiger partial charge on any atom is 0.308 e. The van der Waals surface area contributed by atoms with Crippen molar-refractivity contribution in [2.24, 2.45) is 5.92 Å². The molecule has 1 aromatic heterocycles. The van der Waals surface area contributed by atoms with Gasteiger partial charge in [-0.1, -0.05) is 0 Å². The van der Waals surface area contributed by atoms with Crippen molar-refractivity contribution in [2.75, 3.05) is 17.2 Å². The smallest absolute Gasteiger partial charge is 0.308 e. The number of carboxylic acid groups (broad SMARTS) is 1. The van der Waals surface area contributed by atoms with Crippen LogP contribution in [0.15, 0.2) is 12.1 Å². The summed E-state index contributed by atoms with van der Waals surface area (Å²) < 4.78 is 0. The van der Waals surface area contributed by atoms with E-state index in [1.54, 1.807) is 19.1 Å². The molecule has 1 saturated heterocycles. The summed E-state index contributed by atoms with van der Waals surface area (Å²) >= 11 is 0. The number of carboxylic acids is 1. The lowest BCUT2D eigenvalue weighted by molar-refractivity contribution is -0.141. The molecule has 1 aromatic rings. The molecule has 0 aliphatic carbocycles. The van der Waals surface area contributed by atoms with Crippen LogP contribution in [0.4, 0.5) is 11.5 Å². The Kier molecular flexibility index (Phi) is 2.71. The average Bonchev–Trinajstić information content (AvgIpc) is 2.64. The lowest BCUT2D eigenvalue weighted by Gasteiger charge is -2.17. The van der Waals surface area contributed by atoms with Crippen molar-refractivity contribution < 1.29 is 14.7 Å². The Hall–Kier alpha value is -2.11. The van der Waals surface area contributed by atoms with Crippen molar-refractivity contribution in [1.29, 1.82) is 0 Å². The van der Waals surface area contributed by atoms with Crippen LogP contribution in [-0.2, 0) is 9.59 Å². The van der Waals surface area contributed by atoms with Crippen LogP contribution >= 0.6 is 0 Å². The number of hydrogen-bond donors (Lipinski definition) is 2. The van der Waals surface area contributed by atoms with Crippen LogP contribution in [-0.4, -0.2) is 28.5 Å². The molecule has 0 spiro atoms. The molecule has 6 heteroatoms. The third-order valence-electron chi connectivity index (χ3n) is 2.77. The summed E-state index contributed by atoms with van der Waals surface area (Å²) in [6, 6.07) is 3.41. The topological polar surface area (TPSA) is 96.5 Å². The molecule has 6 nitrogen and oxygen atoms in total. The minimum atomic E-state index is -0.966. The van der Waals surface area contributed by atoms with Gasteiger partial charge in [0.05, 0.1) is 11.6 Å². The van der Waals surface area contributed by atoms with Crippen molar-refractivity contribution in [2.45, 2.75) is 13.3 Å². The molecule has 0 radical (unpaired) electrons. The summed E-state index contributed by atoms with van der Waals surface area (Å²) in [4.78, 5) is 28.1. The SMILES string of the molecule is Cc1ccc(N)c(N2CC(C(=O)O)CC2=O)n1. The van der Waals surface area contributed by atoms with Crippen LogP contribution in [0.5, 0.6) is 0 Å². The number of anilines is 2. The van der Waals surface area contributed by atoms with Crippen LogP contribution in [0.3, 0.4) is 0 Å². The monoisotopic (exact) mass is 235 g/mol. The standard InChI is InChI=1S/C11H13N3O3/c1-6-2-3-8(12)10(13-6)14-5-7(11(16)17)4-9(14)15/h2-3,7H,4-5,12H2,1H3,(H,16,17). The third kappa shape index (κ3) is 2.06. The fourth-order valence-corrected chi connectivity index (χ4v) is 1.85. The number of nitrogens with two attached hydrogens (primary N) is 1. The zero-order chi connectivity index (χ0) is 12.6. The first-order chi connectivity index (χ1) is 7.99. The second kappa shape index (κ2) is 4.04. The first-order valence-corrected chi connectivity index (χ1v) is 5.25. The van der Waals surface area contributed by atoms with Crippen molar-refractivity contribution in [3.63, 3.8) is 0 Å². The summed E-state index contributed by atoms with van der Waals surface area (Å²) in [5.41, 5.74) is 6.87. The highest BCUT2D eigenvalue weighted by molar-refractivity contribution is 6.00. The molecule has 1 aliphatic rings. The van der Waals surface area contributed by atoms with E-state index in [1.165, 1.54) is 4.90 Å². The molecule has 17 heavy (non-hydrogen) atoms. The zero-order valence-corrected chi connectivity index (χ0v) is 9.38. The molecule has 1 unspecified atom stereocenters. The van der Waals surface area contributed by atoms with E-state index in [0.29, 0.717) is 11.5 Å². The first-order valence-electron chi connectivity index (χ1n) is 5.25. The number of carbonyl (C=O) groups is 2. The number of pyridine rings is 1. The minimum Gasteiger partial charge on any atom is -0.481 e. The maximum atomic E-state index is 11.7. The fraction of sp³-hybridized carbons (Fsp3) is 0.364. The lowest BCUT2D eigenvalue weighted by atomic mass is 10.1. The number of nitrogen functional groups attached to an aromatic ring is 1. The first kappa shape index (κ1) is 11.4. The summed E-state index contributed by atoms with van der Waals surface area (Å²) in [7, 11) is 0. The second-order valence-electron chi connectivity index (χ2n) is 4.11. The molecule has 1 amide bonds. The third-order valence-corrected chi connectivity index (χ3v) is 2.77. The maximum absolute atomic E-state index is 11.7. The Morgan fingerprint density at radius 1 is 1.59 bits per heavy atom. The molecule has 0 saturated carbocycles. The van der Waals surface area contributed by atoms with Gasteiger partial charge in [0.1, 0.15) is 0 Å². The number of rotatable bonds is 2. The number of carbonyl (C=O) groups excluding carboxylic acids is 1. The van der Waals surface area contributed by atoms with Gasteiger partial charge in [-0.2, -0.15) is 0 Å². The number of nitrogens with zero attached hydrogens (tertiary/aromatic N) is 2. The quantitative estimate of drug-likeness (QED) is 0.773. The summed E-state index contributed by atoms with van der Waals surface area (Å²) in [5, 5.41) is 8.89. The van der Waals surface area contributed by atoms with Crippen LogP contribution in [0.2, 0.25) is 0 Å². The molecule has 3 N–H and O–H groups in total. The predicted molar refractivity (Wildman–Crippen MR) is 61.5 cm³/mol. The van der Waals surface area contributed by atoms with Gasteiger partial charge in [0.15, 0.2) is 5.82 Å². The minimum absolute atomic E-state index is 0.00436. The Bertz CT molecular complexity index is 487. The van der Waals surface area contributed by atoms with Gasteiger partial charge in [-0.3, -0.25) is 14.5 Å². The van der Waals surface area contributed by atoms with Gasteiger partial charge in [0.2, 0.25) is 5.91 Å². The van der Waals surface area contributed by atoms with Gasteiger partial charge in [0, 0.05) is 18.7 Å². The van der Waals surface area contributed by atoms with E-state index in [9.17, 15) is 9.59 Å². The van der Waals surface area contributed by atoms with Gasteiger partial charge >= 0.3 is 5.97 Å². The van der Waals surface area contributed by atoms with E-state index in [0.717, 1.165) is 5.69 Å². The average molecular weight is 235 g/mol. The van der Waals surface area contributed by atoms with E-state index in [1.807, 2.05) is 0 Å². The summed E-state index contributed by atoms with van der Waals surface area (Å²) in [5.74, 6) is -1.53. The molecule has 90 valence electrons. The number of amides is 1. The van der Waals surface area contributed by atoms with Crippen molar-refractivity contribution in [3.8, 4) is 0 Å².